The van der Waals surface area contributed by atoms with Crippen LogP contribution in [0.1, 0.15) is 37.8 Å². The molecule has 0 bridgehead atoms. The van der Waals surface area contributed by atoms with E-state index in [0.717, 1.165) is 27.6 Å². The van der Waals surface area contributed by atoms with Crippen molar-refractivity contribution < 1.29 is 38.3 Å². The fourth-order valence-corrected chi connectivity index (χ4v) is 5.40. The second-order valence-electron chi connectivity index (χ2n) is 11.9. The van der Waals surface area contributed by atoms with E-state index < -0.39 is 30.0 Å². The third kappa shape index (κ3) is 8.95. The third-order valence-electron chi connectivity index (χ3n) is 7.32. The number of aliphatic hydroxyl groups is 1. The molecule has 1 heterocycles. The van der Waals surface area contributed by atoms with Gasteiger partial charge in [-0.15, -0.1) is 0 Å². The van der Waals surface area contributed by atoms with Crippen molar-refractivity contribution in [1.29, 1.82) is 0 Å². The molecule has 3 aromatic rings. The number of hydrogen-bond acceptors (Lipinski definition) is 8. The molecule has 1 fully saturated rings. The van der Waals surface area contributed by atoms with Gasteiger partial charge in [0.2, 0.25) is 0 Å². The number of methoxy groups -OCH3 is 2. The Morgan fingerprint density at radius 2 is 1.73 bits per heavy atom. The van der Waals surface area contributed by atoms with Crippen LogP contribution in [-0.2, 0) is 25.6 Å². The summed E-state index contributed by atoms with van der Waals surface area (Å²) in [5, 5.41) is 12.5. The number of piperidine rings is 1. The Morgan fingerprint density at radius 1 is 1.02 bits per heavy atom. The Morgan fingerprint density at radius 3 is 2.39 bits per heavy atom. The molecule has 0 aliphatic carbocycles. The Balaban J connectivity index is 1.67. The summed E-state index contributed by atoms with van der Waals surface area (Å²) >= 11 is 0. The van der Waals surface area contributed by atoms with E-state index >= 15 is 0 Å². The largest absolute Gasteiger partial charge is 0.496 e. The standard InChI is InChI=1S/C35H45NO8/c1-7-16-41-28-14-12-25(13-15-28)33-31(42-21-24-17-26-10-8-9-11-29(26)30(18-24)40-6)19-36(34(38)44-35(2,3)4)20-32(33)43-23-27(37)22-39-5/h7-15,17-18,27,31-33,37H,1,16,19-23H2,2-6H3/t27-,31-,32-,33+/m0/s1. The van der Waals surface area contributed by atoms with Gasteiger partial charge in [-0.05, 0) is 61.5 Å². The van der Waals surface area contributed by atoms with Gasteiger partial charge in [-0.2, -0.15) is 0 Å². The number of nitrogens with zero attached hydrogens (tertiary/aromatic N) is 1. The minimum atomic E-state index is -0.823. The molecule has 0 aromatic heterocycles. The molecule has 0 unspecified atom stereocenters. The van der Waals surface area contributed by atoms with Crippen LogP contribution in [-0.4, -0.2) is 87.1 Å². The maximum Gasteiger partial charge on any atom is 0.410 e. The molecule has 0 radical (unpaired) electrons. The minimum absolute atomic E-state index is 0.0340. The van der Waals surface area contributed by atoms with E-state index in [1.165, 1.54) is 7.11 Å². The highest BCUT2D eigenvalue weighted by molar-refractivity contribution is 5.89. The number of amides is 1. The van der Waals surface area contributed by atoms with Crippen molar-refractivity contribution in [3.63, 3.8) is 0 Å². The first-order valence-electron chi connectivity index (χ1n) is 14.9. The van der Waals surface area contributed by atoms with Gasteiger partial charge in [-0.25, -0.2) is 4.79 Å². The van der Waals surface area contributed by atoms with Gasteiger partial charge < -0.3 is 38.4 Å². The number of carbonyl (C=O) groups excluding carboxylic acids is 1. The van der Waals surface area contributed by atoms with Crippen LogP contribution in [0.2, 0.25) is 0 Å². The smallest absolute Gasteiger partial charge is 0.410 e. The lowest BCUT2D eigenvalue weighted by Crippen LogP contribution is -2.55. The summed E-state index contributed by atoms with van der Waals surface area (Å²) in [6.45, 7) is 10.6. The summed E-state index contributed by atoms with van der Waals surface area (Å²) in [7, 11) is 3.18. The first kappa shape index (κ1) is 33.3. The molecule has 4 atom stereocenters. The van der Waals surface area contributed by atoms with E-state index in [9.17, 15) is 9.90 Å². The minimum Gasteiger partial charge on any atom is -0.496 e. The number of aliphatic hydroxyl groups excluding tert-OH is 1. The zero-order chi connectivity index (χ0) is 31.7. The van der Waals surface area contributed by atoms with Crippen LogP contribution in [0.5, 0.6) is 11.5 Å². The summed E-state index contributed by atoms with van der Waals surface area (Å²) in [6, 6.07) is 19.9. The number of fused-ring (bicyclic) bond motifs is 1. The number of hydrogen-bond donors (Lipinski definition) is 1. The van der Waals surface area contributed by atoms with Gasteiger partial charge in [-0.3, -0.25) is 0 Å². The molecule has 3 aromatic carbocycles. The Bertz CT molecular complexity index is 1370. The summed E-state index contributed by atoms with van der Waals surface area (Å²) < 4.78 is 35.2. The SMILES string of the molecule is C=CCOc1ccc([C@@H]2[C@@H](OCc3cc(OC)c4ccccc4c3)CN(C(=O)OC(C)(C)C)C[C@@H]2OC[C@@H](O)COC)cc1. The van der Waals surface area contributed by atoms with Crippen molar-refractivity contribution in [3.8, 4) is 11.5 Å². The molecule has 4 rings (SSSR count). The summed E-state index contributed by atoms with van der Waals surface area (Å²) in [6.07, 6.45) is -0.536. The second kappa shape index (κ2) is 15.4. The van der Waals surface area contributed by atoms with Crippen molar-refractivity contribution in [2.45, 2.75) is 57.2 Å². The van der Waals surface area contributed by atoms with Gasteiger partial charge in [0, 0.05) is 18.4 Å². The predicted octanol–water partition coefficient (Wildman–Crippen LogP) is 5.73. The maximum atomic E-state index is 13.3. The molecule has 0 saturated carbocycles. The van der Waals surface area contributed by atoms with Gasteiger partial charge in [0.05, 0.1) is 52.2 Å². The number of carbonyl (C=O) groups is 1. The van der Waals surface area contributed by atoms with Gasteiger partial charge in [-0.1, -0.05) is 49.1 Å². The maximum absolute atomic E-state index is 13.3. The molecule has 1 saturated heterocycles. The molecule has 9 heteroatoms. The highest BCUT2D eigenvalue weighted by atomic mass is 16.6. The topological polar surface area (TPSA) is 95.9 Å². The fraction of sp³-hybridized carbons (Fsp3) is 0.457. The van der Waals surface area contributed by atoms with Crippen LogP contribution in [0.15, 0.2) is 73.3 Å². The van der Waals surface area contributed by atoms with Crippen molar-refractivity contribution in [1.82, 2.24) is 4.90 Å². The van der Waals surface area contributed by atoms with Crippen molar-refractivity contribution >= 4 is 16.9 Å². The zero-order valence-corrected chi connectivity index (χ0v) is 26.4. The van der Waals surface area contributed by atoms with Gasteiger partial charge in [0.1, 0.15) is 29.8 Å². The van der Waals surface area contributed by atoms with Gasteiger partial charge in [0.15, 0.2) is 0 Å². The molecule has 1 amide bonds. The van der Waals surface area contributed by atoms with Crippen LogP contribution in [0, 0.1) is 0 Å². The van der Waals surface area contributed by atoms with E-state index in [2.05, 4.69) is 12.6 Å². The normalized spacial score (nSPS) is 19.4. The van der Waals surface area contributed by atoms with E-state index in [1.54, 1.807) is 18.1 Å². The quantitative estimate of drug-likeness (QED) is 0.247. The van der Waals surface area contributed by atoms with Crippen LogP contribution in [0.3, 0.4) is 0 Å². The molecule has 1 N–H and O–H groups in total. The lowest BCUT2D eigenvalue weighted by atomic mass is 9.84. The lowest BCUT2D eigenvalue weighted by molar-refractivity contribution is -0.112. The zero-order valence-electron chi connectivity index (χ0n) is 26.4. The van der Waals surface area contributed by atoms with E-state index in [0.29, 0.717) is 18.9 Å². The second-order valence-corrected chi connectivity index (χ2v) is 11.9. The van der Waals surface area contributed by atoms with Crippen LogP contribution >= 0.6 is 0 Å². The van der Waals surface area contributed by atoms with E-state index in [4.69, 9.17) is 28.4 Å². The van der Waals surface area contributed by atoms with Crippen LogP contribution < -0.4 is 9.47 Å². The van der Waals surface area contributed by atoms with Crippen LogP contribution in [0.4, 0.5) is 4.79 Å². The average molecular weight is 608 g/mol. The molecule has 238 valence electrons. The molecule has 1 aliphatic rings. The van der Waals surface area contributed by atoms with E-state index in [1.807, 2.05) is 75.4 Å². The van der Waals surface area contributed by atoms with Crippen molar-refractivity contribution in [2.75, 3.05) is 47.1 Å². The van der Waals surface area contributed by atoms with Crippen LogP contribution in [0.25, 0.3) is 10.8 Å². The van der Waals surface area contributed by atoms with Gasteiger partial charge >= 0.3 is 6.09 Å². The number of ether oxygens (including phenoxy) is 6. The fourth-order valence-electron chi connectivity index (χ4n) is 5.40. The summed E-state index contributed by atoms with van der Waals surface area (Å²) in [5.41, 5.74) is 1.24. The number of benzene rings is 3. The third-order valence-corrected chi connectivity index (χ3v) is 7.32. The van der Waals surface area contributed by atoms with Crippen molar-refractivity contribution in [2.24, 2.45) is 0 Å². The summed E-state index contributed by atoms with van der Waals surface area (Å²) in [4.78, 5) is 14.9. The molecular formula is C35H45NO8. The molecule has 0 spiro atoms. The average Bonchev–Trinajstić information content (AvgIpc) is 3.00. The Kier molecular flexibility index (Phi) is 11.6. The van der Waals surface area contributed by atoms with E-state index in [-0.39, 0.29) is 32.3 Å². The Labute approximate surface area is 260 Å². The number of rotatable bonds is 13. The molecule has 9 nitrogen and oxygen atoms in total. The predicted molar refractivity (Wildman–Crippen MR) is 169 cm³/mol. The molecule has 44 heavy (non-hydrogen) atoms. The summed E-state index contributed by atoms with van der Waals surface area (Å²) in [5.74, 6) is 1.22. The lowest BCUT2D eigenvalue weighted by Gasteiger charge is -2.44. The monoisotopic (exact) mass is 607 g/mol. The van der Waals surface area contributed by atoms with Crippen molar-refractivity contribution in [3.05, 3.63) is 84.4 Å². The highest BCUT2D eigenvalue weighted by Crippen LogP contribution is 2.36. The highest BCUT2D eigenvalue weighted by Gasteiger charge is 2.42. The first-order chi connectivity index (χ1) is 21.1. The molecular weight excluding hydrogens is 562 g/mol. The Hall–Kier alpha value is -3.63. The molecule has 1 aliphatic heterocycles. The number of likely N-dealkylation sites (tertiary alicyclic amines) is 1. The van der Waals surface area contributed by atoms with Gasteiger partial charge in [0.25, 0.3) is 0 Å². The first-order valence-corrected chi connectivity index (χ1v) is 14.9.